The number of hydrogen-bond acceptors (Lipinski definition) is 4. The fourth-order valence-corrected chi connectivity index (χ4v) is 1.17. The molecule has 0 saturated carbocycles. The van der Waals surface area contributed by atoms with Crippen molar-refractivity contribution in [1.82, 2.24) is 4.90 Å². The Bertz CT molecular complexity index is 195. The number of unbranched alkanes of at least 4 members (excludes halogenated alkanes) is 2. The van der Waals surface area contributed by atoms with Crippen molar-refractivity contribution in [1.29, 1.82) is 0 Å². The van der Waals surface area contributed by atoms with E-state index < -0.39 is 5.24 Å². The molecular formula is C10H20N2O2S2Zn. The molecule has 2 amide bonds. The molecule has 0 aromatic heterocycles. The first-order chi connectivity index (χ1) is 7.45. The maximum absolute atomic E-state index is 10.9. The SMILES string of the molecule is CCCCN(CCCC)C(=O)[S-].NC(=O)[S-].[Zn+2]. The smallest absolute Gasteiger partial charge is 0.719 e. The fourth-order valence-electron chi connectivity index (χ4n) is 0.992. The van der Waals surface area contributed by atoms with Gasteiger partial charge in [-0.25, -0.2) is 0 Å². The van der Waals surface area contributed by atoms with E-state index >= 15 is 0 Å². The van der Waals surface area contributed by atoms with Crippen LogP contribution in [0.1, 0.15) is 39.5 Å². The number of carbonyl (C=O) groups excluding carboxylic acids is 2. The predicted molar refractivity (Wildman–Crippen MR) is 71.1 cm³/mol. The van der Waals surface area contributed by atoms with E-state index in [1.807, 2.05) is 0 Å². The molecular weight excluding hydrogens is 310 g/mol. The first-order valence-corrected chi connectivity index (χ1v) is 6.19. The summed E-state index contributed by atoms with van der Waals surface area (Å²) in [4.78, 5) is 21.7. The Labute approximate surface area is 128 Å². The second kappa shape index (κ2) is 16.0. The summed E-state index contributed by atoms with van der Waals surface area (Å²) in [6.45, 7) is 5.90. The summed E-state index contributed by atoms with van der Waals surface area (Å²) < 4.78 is 0. The summed E-state index contributed by atoms with van der Waals surface area (Å²) in [5, 5.41) is -0.947. The zero-order valence-corrected chi connectivity index (χ0v) is 15.2. The maximum atomic E-state index is 10.9. The van der Waals surface area contributed by atoms with Gasteiger partial charge in [0, 0.05) is 13.1 Å². The molecule has 0 fully saturated rings. The Morgan fingerprint density at radius 1 is 1.06 bits per heavy atom. The van der Waals surface area contributed by atoms with Crippen molar-refractivity contribution in [3.63, 3.8) is 0 Å². The van der Waals surface area contributed by atoms with Gasteiger partial charge in [-0.15, -0.1) is 0 Å². The van der Waals surface area contributed by atoms with Crippen molar-refractivity contribution in [2.75, 3.05) is 13.1 Å². The van der Waals surface area contributed by atoms with Crippen LogP contribution in [0.15, 0.2) is 0 Å². The van der Waals surface area contributed by atoms with Gasteiger partial charge in [0.05, 0.1) is 5.24 Å². The van der Waals surface area contributed by atoms with E-state index in [9.17, 15) is 4.79 Å². The molecule has 0 radical (unpaired) electrons. The summed E-state index contributed by atoms with van der Waals surface area (Å²) in [5.41, 5.74) is 4.29. The van der Waals surface area contributed by atoms with Gasteiger partial charge in [-0.3, -0.25) is 0 Å². The molecule has 0 rings (SSSR count). The van der Waals surface area contributed by atoms with Gasteiger partial charge in [-0.1, -0.05) is 26.7 Å². The molecule has 0 aliphatic rings. The van der Waals surface area contributed by atoms with Crippen molar-refractivity contribution < 1.29 is 29.1 Å². The van der Waals surface area contributed by atoms with Gasteiger partial charge < -0.3 is 45.5 Å². The Kier molecular flexibility index (Phi) is 20.9. The number of primary amides is 1. The number of nitrogens with two attached hydrogens (primary N) is 1. The third-order valence-corrected chi connectivity index (χ3v) is 2.08. The zero-order chi connectivity index (χ0) is 13.0. The normalized spacial score (nSPS) is 8.35. The van der Waals surface area contributed by atoms with Gasteiger partial charge in [0.25, 0.3) is 0 Å². The van der Waals surface area contributed by atoms with E-state index in [0.29, 0.717) is 0 Å². The summed E-state index contributed by atoms with van der Waals surface area (Å²) in [6.07, 6.45) is 4.36. The second-order valence-corrected chi connectivity index (χ2v) is 4.03. The van der Waals surface area contributed by atoms with Gasteiger partial charge in [0.15, 0.2) is 0 Å². The van der Waals surface area contributed by atoms with E-state index in [2.05, 4.69) is 44.8 Å². The Morgan fingerprint density at radius 2 is 1.35 bits per heavy atom. The maximum Gasteiger partial charge on any atom is 2.00 e. The first kappa shape index (κ1) is 22.2. The topological polar surface area (TPSA) is 63.4 Å². The van der Waals surface area contributed by atoms with Crippen molar-refractivity contribution in [2.24, 2.45) is 5.73 Å². The average Bonchev–Trinajstić information content (AvgIpc) is 2.16. The first-order valence-electron chi connectivity index (χ1n) is 5.38. The van der Waals surface area contributed by atoms with Crippen LogP contribution in [0, 0.1) is 0 Å². The minimum atomic E-state index is -0.750. The molecule has 96 valence electrons. The van der Waals surface area contributed by atoms with Crippen LogP contribution in [0.2, 0.25) is 0 Å². The number of amides is 2. The molecule has 2 N–H and O–H groups in total. The van der Waals surface area contributed by atoms with Crippen LogP contribution in [0.5, 0.6) is 0 Å². The molecule has 0 saturated heterocycles. The molecule has 0 aromatic carbocycles. The summed E-state index contributed by atoms with van der Waals surface area (Å²) in [6, 6.07) is 0. The zero-order valence-electron chi connectivity index (χ0n) is 10.6. The molecule has 0 aliphatic carbocycles. The fraction of sp³-hybridized carbons (Fsp3) is 0.800. The van der Waals surface area contributed by atoms with Gasteiger partial charge in [-0.05, 0) is 12.8 Å². The Balaban J connectivity index is -0.000000340. The summed E-state index contributed by atoms with van der Waals surface area (Å²) in [7, 11) is 0. The predicted octanol–water partition coefficient (Wildman–Crippen LogP) is 2.17. The van der Waals surface area contributed by atoms with Crippen LogP contribution in [0.4, 0.5) is 9.59 Å². The summed E-state index contributed by atoms with van der Waals surface area (Å²) >= 11 is 8.37. The van der Waals surface area contributed by atoms with E-state index in [0.717, 1.165) is 38.8 Å². The van der Waals surface area contributed by atoms with Gasteiger partial charge >= 0.3 is 19.5 Å². The van der Waals surface area contributed by atoms with Gasteiger partial charge in [-0.2, -0.15) is 0 Å². The van der Waals surface area contributed by atoms with E-state index in [1.165, 1.54) is 0 Å². The molecule has 17 heavy (non-hydrogen) atoms. The third kappa shape index (κ3) is 21.8. The van der Waals surface area contributed by atoms with Crippen LogP contribution < -0.4 is 5.73 Å². The molecule has 0 aliphatic heterocycles. The number of nitrogens with zero attached hydrogens (tertiary/aromatic N) is 1. The molecule has 7 heteroatoms. The summed E-state index contributed by atoms with van der Waals surface area (Å²) in [5.74, 6) is 0. The minimum Gasteiger partial charge on any atom is -0.719 e. The molecule has 0 bridgehead atoms. The van der Waals surface area contributed by atoms with Crippen LogP contribution in [0.25, 0.3) is 0 Å². The molecule has 0 unspecified atom stereocenters. The molecule has 4 nitrogen and oxygen atoms in total. The van der Waals surface area contributed by atoms with Crippen molar-refractivity contribution in [3.05, 3.63) is 0 Å². The van der Waals surface area contributed by atoms with Crippen LogP contribution in [-0.2, 0) is 44.7 Å². The van der Waals surface area contributed by atoms with Crippen LogP contribution in [-0.4, -0.2) is 28.5 Å². The van der Waals surface area contributed by atoms with Crippen LogP contribution >= 0.6 is 0 Å². The van der Waals surface area contributed by atoms with E-state index in [-0.39, 0.29) is 24.7 Å². The monoisotopic (exact) mass is 328 g/mol. The standard InChI is InChI=1S/C9H19NOS.CH3NOS.Zn/c1-3-5-7-10(9(11)12)8-6-4-2;2-1(3)4;/h3-8H2,1-2H3,(H,11,12);(H3,2,3,4);/q;;+2/p-2. The van der Waals surface area contributed by atoms with Crippen molar-refractivity contribution in [3.8, 4) is 0 Å². The van der Waals surface area contributed by atoms with Gasteiger partial charge in [0.2, 0.25) is 0 Å². The number of hydrogen-bond donors (Lipinski definition) is 1. The van der Waals surface area contributed by atoms with Crippen LogP contribution in [0.3, 0.4) is 0 Å². The average molecular weight is 330 g/mol. The Morgan fingerprint density at radius 3 is 1.53 bits per heavy atom. The number of carbonyl (C=O) groups is 2. The minimum absolute atomic E-state index is 0. The quantitative estimate of drug-likeness (QED) is 0.599. The second-order valence-electron chi connectivity index (χ2n) is 3.28. The molecule has 0 spiro atoms. The Hall–Kier alpha value is 0.00338. The van der Waals surface area contributed by atoms with Crippen molar-refractivity contribution in [2.45, 2.75) is 39.5 Å². The van der Waals surface area contributed by atoms with Crippen molar-refractivity contribution >= 4 is 35.7 Å². The molecule has 0 atom stereocenters. The van der Waals surface area contributed by atoms with E-state index in [1.54, 1.807) is 4.90 Å². The third-order valence-electron chi connectivity index (χ3n) is 1.82. The molecule has 0 aromatic rings. The van der Waals surface area contributed by atoms with E-state index in [4.69, 9.17) is 4.79 Å². The molecule has 0 heterocycles. The largest absolute Gasteiger partial charge is 2.00 e. The number of rotatable bonds is 6. The van der Waals surface area contributed by atoms with Gasteiger partial charge in [0.1, 0.15) is 5.24 Å².